The van der Waals surface area contributed by atoms with E-state index in [1.165, 1.54) is 11.1 Å². The Bertz CT molecular complexity index is 523. The molecule has 2 nitrogen and oxygen atoms in total. The second-order valence-corrected chi connectivity index (χ2v) is 5.11. The van der Waals surface area contributed by atoms with E-state index in [0.717, 1.165) is 23.7 Å². The third-order valence-electron chi connectivity index (χ3n) is 3.06. The first-order valence-corrected chi connectivity index (χ1v) is 7.00. The average Bonchev–Trinajstić information content (AvgIpc) is 2.41. The molecule has 1 aromatic heterocycles. The number of aryl methyl sites for hydroxylation is 1. The maximum atomic E-state index is 5.96. The van der Waals surface area contributed by atoms with Gasteiger partial charge >= 0.3 is 0 Å². The summed E-state index contributed by atoms with van der Waals surface area (Å²) in [4.78, 5) is 4.26. The van der Waals surface area contributed by atoms with E-state index in [1.807, 2.05) is 25.3 Å². The molecule has 2 rings (SSSR count). The number of pyridine rings is 1. The standard InChI is InChI=1S/C16H19ClN2/c1-3-9-19-16(13-4-6-15(17)7-5-13)14-8-10-18-12(2)11-14/h4-8,10-11,16,19H,3,9H2,1-2H3. The van der Waals surface area contributed by atoms with Crippen molar-refractivity contribution in [3.8, 4) is 0 Å². The second kappa shape index (κ2) is 6.69. The van der Waals surface area contributed by atoms with Crippen LogP contribution in [0.4, 0.5) is 0 Å². The molecule has 1 heterocycles. The Kier molecular flexibility index (Phi) is 4.94. The fourth-order valence-electron chi connectivity index (χ4n) is 2.12. The molecule has 1 N–H and O–H groups in total. The van der Waals surface area contributed by atoms with Crippen LogP contribution < -0.4 is 5.32 Å². The molecule has 1 aromatic carbocycles. The van der Waals surface area contributed by atoms with Crippen molar-refractivity contribution in [2.75, 3.05) is 6.54 Å². The van der Waals surface area contributed by atoms with Gasteiger partial charge in [-0.1, -0.05) is 30.7 Å². The first-order chi connectivity index (χ1) is 9.20. The van der Waals surface area contributed by atoms with E-state index < -0.39 is 0 Å². The summed E-state index contributed by atoms with van der Waals surface area (Å²) in [6.45, 7) is 5.17. The van der Waals surface area contributed by atoms with Gasteiger partial charge in [0.25, 0.3) is 0 Å². The van der Waals surface area contributed by atoms with Crippen molar-refractivity contribution in [3.63, 3.8) is 0 Å². The molecule has 0 fully saturated rings. The van der Waals surface area contributed by atoms with Gasteiger partial charge < -0.3 is 5.32 Å². The number of halogens is 1. The van der Waals surface area contributed by atoms with Gasteiger partial charge in [-0.3, -0.25) is 4.98 Å². The fraction of sp³-hybridized carbons (Fsp3) is 0.312. The minimum atomic E-state index is 0.193. The summed E-state index contributed by atoms with van der Waals surface area (Å²) in [7, 11) is 0. The number of benzene rings is 1. The third-order valence-corrected chi connectivity index (χ3v) is 3.31. The van der Waals surface area contributed by atoms with Crippen LogP contribution in [0.2, 0.25) is 5.02 Å². The summed E-state index contributed by atoms with van der Waals surface area (Å²) in [5.41, 5.74) is 3.50. The van der Waals surface area contributed by atoms with Crippen LogP contribution in [-0.2, 0) is 0 Å². The minimum Gasteiger partial charge on any atom is -0.306 e. The Morgan fingerprint density at radius 1 is 1.16 bits per heavy atom. The van der Waals surface area contributed by atoms with E-state index in [4.69, 9.17) is 11.6 Å². The Labute approximate surface area is 119 Å². The highest BCUT2D eigenvalue weighted by Gasteiger charge is 2.13. The number of hydrogen-bond acceptors (Lipinski definition) is 2. The van der Waals surface area contributed by atoms with Crippen LogP contribution in [0.5, 0.6) is 0 Å². The molecule has 0 radical (unpaired) electrons. The highest BCUT2D eigenvalue weighted by molar-refractivity contribution is 6.30. The molecular formula is C16H19ClN2. The molecule has 0 aliphatic carbocycles. The predicted octanol–water partition coefficient (Wildman–Crippen LogP) is 4.13. The summed E-state index contributed by atoms with van der Waals surface area (Å²) in [6, 6.07) is 12.4. The van der Waals surface area contributed by atoms with Crippen LogP contribution in [0.1, 0.15) is 36.2 Å². The maximum absolute atomic E-state index is 5.96. The van der Waals surface area contributed by atoms with E-state index in [9.17, 15) is 0 Å². The monoisotopic (exact) mass is 274 g/mol. The predicted molar refractivity (Wildman–Crippen MR) is 80.6 cm³/mol. The van der Waals surface area contributed by atoms with Crippen LogP contribution in [0.3, 0.4) is 0 Å². The van der Waals surface area contributed by atoms with Gasteiger partial charge in [-0.05, 0) is 55.3 Å². The topological polar surface area (TPSA) is 24.9 Å². The summed E-state index contributed by atoms with van der Waals surface area (Å²) in [5.74, 6) is 0. The van der Waals surface area contributed by atoms with Gasteiger partial charge in [0.05, 0.1) is 6.04 Å². The van der Waals surface area contributed by atoms with E-state index >= 15 is 0 Å². The minimum absolute atomic E-state index is 0.193. The van der Waals surface area contributed by atoms with Gasteiger partial charge in [0.15, 0.2) is 0 Å². The Hall–Kier alpha value is -1.38. The van der Waals surface area contributed by atoms with Crippen LogP contribution in [0, 0.1) is 6.92 Å². The molecule has 1 atom stereocenters. The first kappa shape index (κ1) is 14.0. The van der Waals surface area contributed by atoms with E-state index in [0.29, 0.717) is 0 Å². The Morgan fingerprint density at radius 3 is 2.53 bits per heavy atom. The van der Waals surface area contributed by atoms with Gasteiger partial charge in [-0.2, -0.15) is 0 Å². The van der Waals surface area contributed by atoms with Crippen LogP contribution in [0.25, 0.3) is 0 Å². The molecule has 0 aliphatic heterocycles. The zero-order chi connectivity index (χ0) is 13.7. The molecule has 19 heavy (non-hydrogen) atoms. The lowest BCUT2D eigenvalue weighted by molar-refractivity contribution is 0.597. The quantitative estimate of drug-likeness (QED) is 0.887. The van der Waals surface area contributed by atoms with Crippen LogP contribution in [0.15, 0.2) is 42.6 Å². The van der Waals surface area contributed by atoms with Crippen LogP contribution in [-0.4, -0.2) is 11.5 Å². The average molecular weight is 275 g/mol. The molecule has 0 bridgehead atoms. The molecular weight excluding hydrogens is 256 g/mol. The Balaban J connectivity index is 2.32. The summed E-state index contributed by atoms with van der Waals surface area (Å²) in [5, 5.41) is 4.35. The van der Waals surface area contributed by atoms with Gasteiger partial charge in [0, 0.05) is 16.9 Å². The van der Waals surface area contributed by atoms with Crippen molar-refractivity contribution in [1.82, 2.24) is 10.3 Å². The summed E-state index contributed by atoms with van der Waals surface area (Å²) >= 11 is 5.96. The number of nitrogens with one attached hydrogen (secondary N) is 1. The highest BCUT2D eigenvalue weighted by Crippen LogP contribution is 2.23. The van der Waals surface area contributed by atoms with Gasteiger partial charge in [-0.25, -0.2) is 0 Å². The molecule has 0 saturated heterocycles. The van der Waals surface area contributed by atoms with Crippen molar-refractivity contribution >= 4 is 11.6 Å². The normalized spacial score (nSPS) is 12.4. The van der Waals surface area contributed by atoms with E-state index in [1.54, 1.807) is 0 Å². The van der Waals surface area contributed by atoms with Gasteiger partial charge in [0.1, 0.15) is 0 Å². The largest absolute Gasteiger partial charge is 0.306 e. The second-order valence-electron chi connectivity index (χ2n) is 4.67. The first-order valence-electron chi connectivity index (χ1n) is 6.62. The number of aromatic nitrogens is 1. The fourth-order valence-corrected chi connectivity index (χ4v) is 2.25. The van der Waals surface area contributed by atoms with Crippen molar-refractivity contribution in [2.45, 2.75) is 26.3 Å². The van der Waals surface area contributed by atoms with Crippen molar-refractivity contribution in [3.05, 3.63) is 64.4 Å². The third kappa shape index (κ3) is 3.79. The molecule has 0 aliphatic rings. The lowest BCUT2D eigenvalue weighted by Crippen LogP contribution is -2.23. The van der Waals surface area contributed by atoms with Crippen molar-refractivity contribution in [2.24, 2.45) is 0 Å². The van der Waals surface area contributed by atoms with Gasteiger partial charge in [-0.15, -0.1) is 0 Å². The smallest absolute Gasteiger partial charge is 0.0577 e. The van der Waals surface area contributed by atoms with Gasteiger partial charge in [0.2, 0.25) is 0 Å². The zero-order valence-corrected chi connectivity index (χ0v) is 12.1. The molecule has 3 heteroatoms. The molecule has 0 spiro atoms. The number of hydrogen-bond donors (Lipinski definition) is 1. The van der Waals surface area contributed by atoms with Crippen molar-refractivity contribution < 1.29 is 0 Å². The van der Waals surface area contributed by atoms with E-state index in [2.05, 4.69) is 41.5 Å². The zero-order valence-electron chi connectivity index (χ0n) is 11.4. The molecule has 1 unspecified atom stereocenters. The van der Waals surface area contributed by atoms with Crippen molar-refractivity contribution in [1.29, 1.82) is 0 Å². The summed E-state index contributed by atoms with van der Waals surface area (Å²) in [6.07, 6.45) is 2.97. The Morgan fingerprint density at radius 2 is 1.89 bits per heavy atom. The SMILES string of the molecule is CCCNC(c1ccc(Cl)cc1)c1ccnc(C)c1. The molecule has 100 valence electrons. The molecule has 0 amide bonds. The highest BCUT2D eigenvalue weighted by atomic mass is 35.5. The number of rotatable bonds is 5. The lowest BCUT2D eigenvalue weighted by atomic mass is 9.99. The summed E-state index contributed by atoms with van der Waals surface area (Å²) < 4.78 is 0. The van der Waals surface area contributed by atoms with Crippen LogP contribution >= 0.6 is 11.6 Å². The lowest BCUT2D eigenvalue weighted by Gasteiger charge is -2.20. The molecule has 0 saturated carbocycles. The van der Waals surface area contributed by atoms with E-state index in [-0.39, 0.29) is 6.04 Å². The molecule has 2 aromatic rings. The number of nitrogens with zero attached hydrogens (tertiary/aromatic N) is 1. The maximum Gasteiger partial charge on any atom is 0.0577 e.